The number of carbonyl (C=O) groups is 2. The Bertz CT molecular complexity index is 1020. The minimum atomic E-state index is -0.942. The molecule has 0 unspecified atom stereocenters. The topological polar surface area (TPSA) is 61.2 Å². The number of aromatic nitrogens is 2. The molecule has 29 heavy (non-hydrogen) atoms. The van der Waals surface area contributed by atoms with E-state index in [1.165, 1.54) is 43.0 Å². The van der Waals surface area contributed by atoms with Gasteiger partial charge >= 0.3 is 5.97 Å². The number of Topliss-reactive ketones (excluding diaryl/α,β-unsaturated/α-hetero) is 1. The third-order valence-electron chi connectivity index (χ3n) is 4.37. The van der Waals surface area contributed by atoms with Crippen molar-refractivity contribution in [2.45, 2.75) is 31.8 Å². The van der Waals surface area contributed by atoms with Crippen LogP contribution >= 0.6 is 11.8 Å². The summed E-state index contributed by atoms with van der Waals surface area (Å²) in [7, 11) is 0. The van der Waals surface area contributed by atoms with Crippen molar-refractivity contribution in [2.24, 2.45) is 0 Å². The summed E-state index contributed by atoms with van der Waals surface area (Å²) in [5.74, 6) is -1.23. The molecule has 0 aliphatic heterocycles. The van der Waals surface area contributed by atoms with Gasteiger partial charge in [-0.3, -0.25) is 9.59 Å². The van der Waals surface area contributed by atoms with Gasteiger partial charge in [0.1, 0.15) is 5.82 Å². The first-order valence-electron chi connectivity index (χ1n) is 9.10. The number of nitrogens with zero attached hydrogens (tertiary/aromatic N) is 2. The molecule has 1 atom stereocenters. The van der Waals surface area contributed by atoms with Gasteiger partial charge in [0.2, 0.25) is 5.78 Å². The Labute approximate surface area is 172 Å². The smallest absolute Gasteiger partial charge is 0.316 e. The number of para-hydroxylation sites is 1. The molecule has 7 heteroatoms. The lowest BCUT2D eigenvalue weighted by Crippen LogP contribution is -2.25. The average Bonchev–Trinajstić information content (AvgIpc) is 3.00. The second-order valence-corrected chi connectivity index (χ2v) is 7.52. The molecule has 0 N–H and O–H groups in total. The van der Waals surface area contributed by atoms with Crippen molar-refractivity contribution >= 4 is 23.5 Å². The van der Waals surface area contributed by atoms with Crippen LogP contribution in [0.2, 0.25) is 0 Å². The fraction of sp³-hybridized carbons (Fsp3) is 0.227. The Morgan fingerprint density at radius 3 is 2.41 bits per heavy atom. The fourth-order valence-corrected chi connectivity index (χ4v) is 3.80. The summed E-state index contributed by atoms with van der Waals surface area (Å²) in [6, 6.07) is 14.9. The number of ether oxygens (including phenoxy) is 1. The van der Waals surface area contributed by atoms with Gasteiger partial charge < -0.3 is 4.74 Å². The summed E-state index contributed by atoms with van der Waals surface area (Å²) in [5.41, 5.74) is 3.00. The van der Waals surface area contributed by atoms with Crippen LogP contribution in [0.4, 0.5) is 4.39 Å². The van der Waals surface area contributed by atoms with E-state index in [1.807, 2.05) is 48.9 Å². The van der Waals surface area contributed by atoms with Crippen molar-refractivity contribution in [3.05, 3.63) is 77.4 Å². The molecule has 0 aliphatic rings. The van der Waals surface area contributed by atoms with Gasteiger partial charge in [-0.25, -0.2) is 9.07 Å². The first-order valence-corrected chi connectivity index (χ1v) is 10.1. The van der Waals surface area contributed by atoms with E-state index in [4.69, 9.17) is 4.74 Å². The van der Waals surface area contributed by atoms with E-state index in [1.54, 1.807) is 0 Å². The van der Waals surface area contributed by atoms with E-state index in [0.29, 0.717) is 5.56 Å². The number of rotatable bonds is 7. The van der Waals surface area contributed by atoms with Crippen molar-refractivity contribution in [2.75, 3.05) is 5.75 Å². The molecule has 3 rings (SSSR count). The van der Waals surface area contributed by atoms with E-state index in [0.717, 1.165) is 22.0 Å². The molecule has 3 aromatic rings. The minimum Gasteiger partial charge on any atom is -0.454 e. The minimum absolute atomic E-state index is 0.0587. The summed E-state index contributed by atoms with van der Waals surface area (Å²) in [5, 5.41) is 4.55. The maximum Gasteiger partial charge on any atom is 0.316 e. The molecule has 0 aliphatic carbocycles. The molecular formula is C22H21FN2O3S. The van der Waals surface area contributed by atoms with Crippen molar-refractivity contribution in [3.63, 3.8) is 0 Å². The summed E-state index contributed by atoms with van der Waals surface area (Å²) in [6.07, 6.45) is -0.942. The molecule has 0 saturated carbocycles. The average molecular weight is 412 g/mol. The quantitative estimate of drug-likeness (QED) is 0.324. The van der Waals surface area contributed by atoms with Crippen LogP contribution in [0.5, 0.6) is 0 Å². The Morgan fingerprint density at radius 2 is 1.76 bits per heavy atom. The van der Waals surface area contributed by atoms with Crippen molar-refractivity contribution in [3.8, 4) is 5.69 Å². The Morgan fingerprint density at radius 1 is 1.10 bits per heavy atom. The van der Waals surface area contributed by atoms with Gasteiger partial charge in [0.25, 0.3) is 0 Å². The van der Waals surface area contributed by atoms with E-state index < -0.39 is 17.9 Å². The van der Waals surface area contributed by atoms with E-state index in [2.05, 4.69) is 5.10 Å². The van der Waals surface area contributed by atoms with Gasteiger partial charge in [0, 0.05) is 5.56 Å². The lowest BCUT2D eigenvalue weighted by atomic mass is 10.1. The highest BCUT2D eigenvalue weighted by molar-refractivity contribution is 8.00. The third kappa shape index (κ3) is 4.92. The van der Waals surface area contributed by atoms with Gasteiger partial charge in [0.05, 0.1) is 27.7 Å². The number of hydrogen-bond acceptors (Lipinski definition) is 5. The molecule has 150 valence electrons. The number of carbonyl (C=O) groups excluding carboxylic acids is 2. The summed E-state index contributed by atoms with van der Waals surface area (Å²) < 4.78 is 20.1. The highest BCUT2D eigenvalue weighted by Crippen LogP contribution is 2.28. The molecular weight excluding hydrogens is 391 g/mol. The normalized spacial score (nSPS) is 11.9. The number of hydrogen-bond donors (Lipinski definition) is 0. The SMILES string of the molecule is Cc1nn(-c2ccccc2)c(C)c1SCC(=O)O[C@H](C)C(=O)c1ccc(F)cc1. The van der Waals surface area contributed by atoms with Crippen LogP contribution in [0.3, 0.4) is 0 Å². The van der Waals surface area contributed by atoms with Gasteiger partial charge in [0.15, 0.2) is 6.10 Å². The van der Waals surface area contributed by atoms with E-state index in [9.17, 15) is 14.0 Å². The Kier molecular flexibility index (Phi) is 6.49. The monoisotopic (exact) mass is 412 g/mol. The van der Waals surface area contributed by atoms with Crippen LogP contribution < -0.4 is 0 Å². The zero-order valence-corrected chi connectivity index (χ0v) is 17.2. The third-order valence-corrected chi connectivity index (χ3v) is 5.63. The number of halogens is 1. The first-order chi connectivity index (χ1) is 13.9. The summed E-state index contributed by atoms with van der Waals surface area (Å²) in [6.45, 7) is 5.35. The standard InChI is InChI=1S/C22H21FN2O3S/c1-14-22(15(2)25(24-14)19-7-5-4-6-8-19)29-13-20(26)28-16(3)21(27)17-9-11-18(23)12-10-17/h4-12,16H,13H2,1-3H3/t16-/m1/s1. The molecule has 1 aromatic heterocycles. The molecule has 0 bridgehead atoms. The van der Waals surface area contributed by atoms with E-state index in [-0.39, 0.29) is 11.5 Å². The maximum atomic E-state index is 13.0. The fourth-order valence-electron chi connectivity index (χ4n) is 2.92. The van der Waals surface area contributed by atoms with Crippen LogP contribution in [0, 0.1) is 19.7 Å². The number of benzene rings is 2. The number of thioether (sulfide) groups is 1. The molecule has 2 aromatic carbocycles. The van der Waals surface area contributed by atoms with Gasteiger partial charge in [-0.2, -0.15) is 5.10 Å². The van der Waals surface area contributed by atoms with Gasteiger partial charge in [-0.15, -0.1) is 11.8 Å². The number of aryl methyl sites for hydroxylation is 1. The molecule has 5 nitrogen and oxygen atoms in total. The van der Waals surface area contributed by atoms with Crippen LogP contribution in [-0.4, -0.2) is 33.4 Å². The van der Waals surface area contributed by atoms with Crippen molar-refractivity contribution in [1.29, 1.82) is 0 Å². The van der Waals surface area contributed by atoms with Crippen LogP contribution in [0.15, 0.2) is 59.5 Å². The van der Waals surface area contributed by atoms with Crippen LogP contribution in [0.25, 0.3) is 5.69 Å². The van der Waals surface area contributed by atoms with Crippen LogP contribution in [0.1, 0.15) is 28.7 Å². The Balaban J connectivity index is 1.61. The maximum absolute atomic E-state index is 13.0. The number of esters is 1. The lowest BCUT2D eigenvalue weighted by Gasteiger charge is -2.12. The molecule has 0 amide bonds. The largest absolute Gasteiger partial charge is 0.454 e. The molecule has 0 saturated heterocycles. The zero-order valence-electron chi connectivity index (χ0n) is 16.4. The van der Waals surface area contributed by atoms with Crippen molar-refractivity contribution in [1.82, 2.24) is 9.78 Å². The Hall–Kier alpha value is -2.93. The summed E-state index contributed by atoms with van der Waals surface area (Å²) in [4.78, 5) is 25.5. The second-order valence-electron chi connectivity index (χ2n) is 6.54. The molecule has 0 radical (unpaired) electrons. The molecule has 0 spiro atoms. The van der Waals surface area contributed by atoms with E-state index >= 15 is 0 Å². The van der Waals surface area contributed by atoms with Crippen LogP contribution in [-0.2, 0) is 9.53 Å². The molecule has 0 fully saturated rings. The number of ketones is 1. The molecule has 1 heterocycles. The highest BCUT2D eigenvalue weighted by atomic mass is 32.2. The second kappa shape index (κ2) is 9.05. The predicted molar refractivity (Wildman–Crippen MR) is 110 cm³/mol. The highest BCUT2D eigenvalue weighted by Gasteiger charge is 2.21. The van der Waals surface area contributed by atoms with Gasteiger partial charge in [-0.05, 0) is 57.2 Å². The lowest BCUT2D eigenvalue weighted by molar-refractivity contribution is -0.143. The van der Waals surface area contributed by atoms with Crippen molar-refractivity contribution < 1.29 is 18.7 Å². The summed E-state index contributed by atoms with van der Waals surface area (Å²) >= 11 is 1.33. The zero-order chi connectivity index (χ0) is 21.0. The van der Waals surface area contributed by atoms with Gasteiger partial charge in [-0.1, -0.05) is 18.2 Å². The predicted octanol–water partition coefficient (Wildman–Crippen LogP) is 4.53. The first kappa shape index (κ1) is 20.8.